The summed E-state index contributed by atoms with van der Waals surface area (Å²) in [7, 11) is 1.56. The van der Waals surface area contributed by atoms with Crippen LogP contribution in [0.2, 0.25) is 5.02 Å². The van der Waals surface area contributed by atoms with Gasteiger partial charge in [0, 0.05) is 18.6 Å². The third-order valence-corrected chi connectivity index (χ3v) is 3.88. The monoisotopic (exact) mass is 317 g/mol. The molecule has 5 nitrogen and oxygen atoms in total. The Labute approximate surface area is 126 Å². The van der Waals surface area contributed by atoms with Crippen LogP contribution in [0.5, 0.6) is 0 Å². The van der Waals surface area contributed by atoms with E-state index in [-0.39, 0.29) is 21.7 Å². The number of carboxylic acid groups (broad SMARTS) is 1. The van der Waals surface area contributed by atoms with Crippen LogP contribution in [0.1, 0.15) is 17.3 Å². The lowest BCUT2D eigenvalue weighted by Crippen LogP contribution is -2.33. The van der Waals surface area contributed by atoms with Crippen LogP contribution < -0.4 is 5.32 Å². The van der Waals surface area contributed by atoms with Gasteiger partial charge in [0.15, 0.2) is 0 Å². The predicted octanol–water partition coefficient (Wildman–Crippen LogP) is 2.28. The highest BCUT2D eigenvalue weighted by Crippen LogP contribution is 2.27. The molecule has 0 aliphatic heterocycles. The van der Waals surface area contributed by atoms with Crippen LogP contribution in [0.25, 0.3) is 0 Å². The van der Waals surface area contributed by atoms with Crippen LogP contribution in [0.15, 0.2) is 23.1 Å². The van der Waals surface area contributed by atoms with E-state index in [2.05, 4.69) is 5.32 Å². The van der Waals surface area contributed by atoms with Crippen LogP contribution >= 0.6 is 23.4 Å². The molecule has 0 spiro atoms. The third kappa shape index (κ3) is 5.03. The molecular formula is C13H16ClNO4S. The fourth-order valence-electron chi connectivity index (χ4n) is 1.42. The summed E-state index contributed by atoms with van der Waals surface area (Å²) in [6.45, 7) is 2.65. The minimum absolute atomic E-state index is 0.0312. The molecule has 0 aliphatic rings. The molecule has 1 amide bonds. The molecule has 110 valence electrons. The Morgan fingerprint density at radius 1 is 1.50 bits per heavy atom. The third-order valence-electron chi connectivity index (χ3n) is 2.46. The zero-order valence-corrected chi connectivity index (χ0v) is 12.8. The molecule has 1 atom stereocenters. The van der Waals surface area contributed by atoms with E-state index in [9.17, 15) is 9.59 Å². The number of aromatic carboxylic acids is 1. The van der Waals surface area contributed by atoms with Gasteiger partial charge in [-0.2, -0.15) is 0 Å². The van der Waals surface area contributed by atoms with Gasteiger partial charge in [-0.3, -0.25) is 4.79 Å². The minimum Gasteiger partial charge on any atom is -0.478 e. The first-order valence-corrected chi connectivity index (χ1v) is 7.17. The number of methoxy groups -OCH3 is 1. The highest BCUT2D eigenvalue weighted by molar-refractivity contribution is 8.00. The van der Waals surface area contributed by atoms with Crippen LogP contribution in [-0.2, 0) is 9.53 Å². The van der Waals surface area contributed by atoms with E-state index >= 15 is 0 Å². The minimum atomic E-state index is -1.09. The lowest BCUT2D eigenvalue weighted by Gasteiger charge is -2.12. The number of hydrogen-bond acceptors (Lipinski definition) is 4. The maximum absolute atomic E-state index is 11.8. The van der Waals surface area contributed by atoms with Gasteiger partial charge in [-0.1, -0.05) is 11.6 Å². The molecule has 1 unspecified atom stereocenters. The second-order valence-electron chi connectivity index (χ2n) is 3.99. The first kappa shape index (κ1) is 16.8. The first-order valence-electron chi connectivity index (χ1n) is 5.92. The number of rotatable bonds is 7. The fraction of sp³-hybridized carbons (Fsp3) is 0.385. The van der Waals surface area contributed by atoms with Gasteiger partial charge < -0.3 is 15.2 Å². The normalized spacial score (nSPS) is 11.9. The summed E-state index contributed by atoms with van der Waals surface area (Å²) in [6.07, 6.45) is 0. The van der Waals surface area contributed by atoms with Crippen molar-refractivity contribution in [1.82, 2.24) is 5.32 Å². The Balaban J connectivity index is 2.66. The zero-order valence-electron chi connectivity index (χ0n) is 11.2. The van der Waals surface area contributed by atoms with Crippen molar-refractivity contribution in [2.45, 2.75) is 17.1 Å². The highest BCUT2D eigenvalue weighted by Gasteiger charge is 2.16. The Hall–Kier alpha value is -1.24. The van der Waals surface area contributed by atoms with Crippen molar-refractivity contribution in [3.8, 4) is 0 Å². The summed E-state index contributed by atoms with van der Waals surface area (Å²) in [4.78, 5) is 23.4. The molecular weight excluding hydrogens is 302 g/mol. The van der Waals surface area contributed by atoms with Gasteiger partial charge >= 0.3 is 5.97 Å². The van der Waals surface area contributed by atoms with Crippen molar-refractivity contribution in [3.63, 3.8) is 0 Å². The number of hydrogen-bond donors (Lipinski definition) is 2. The van der Waals surface area contributed by atoms with Gasteiger partial charge in [0.25, 0.3) is 0 Å². The quantitative estimate of drug-likeness (QED) is 0.596. The average molecular weight is 318 g/mol. The molecule has 0 saturated carbocycles. The summed E-state index contributed by atoms with van der Waals surface area (Å²) >= 11 is 7.07. The maximum atomic E-state index is 11.8. The van der Waals surface area contributed by atoms with Crippen molar-refractivity contribution in [2.24, 2.45) is 0 Å². The number of benzene rings is 1. The van der Waals surface area contributed by atoms with Gasteiger partial charge in [-0.15, -0.1) is 11.8 Å². The molecule has 1 rings (SSSR count). The summed E-state index contributed by atoms with van der Waals surface area (Å²) in [5, 5.41) is 11.6. The van der Waals surface area contributed by atoms with Crippen LogP contribution in [0.4, 0.5) is 0 Å². The summed E-state index contributed by atoms with van der Waals surface area (Å²) < 4.78 is 4.84. The van der Waals surface area contributed by atoms with Gasteiger partial charge in [0.1, 0.15) is 0 Å². The second kappa shape index (κ2) is 8.14. The molecule has 0 heterocycles. The number of halogens is 1. The Morgan fingerprint density at radius 3 is 2.80 bits per heavy atom. The largest absolute Gasteiger partial charge is 0.478 e. The molecule has 1 aromatic rings. The topological polar surface area (TPSA) is 75.6 Å². The molecule has 2 N–H and O–H groups in total. The summed E-state index contributed by atoms with van der Waals surface area (Å²) in [5.41, 5.74) is 0.0312. The molecule has 20 heavy (non-hydrogen) atoms. The number of nitrogens with one attached hydrogen (secondary N) is 1. The van der Waals surface area contributed by atoms with E-state index < -0.39 is 5.97 Å². The predicted molar refractivity (Wildman–Crippen MR) is 78.6 cm³/mol. The lowest BCUT2D eigenvalue weighted by atomic mass is 10.2. The molecule has 0 saturated heterocycles. The van der Waals surface area contributed by atoms with E-state index in [1.165, 1.54) is 23.9 Å². The van der Waals surface area contributed by atoms with E-state index in [1.807, 2.05) is 0 Å². The average Bonchev–Trinajstić information content (AvgIpc) is 2.40. The number of ether oxygens (including phenoxy) is 1. The molecule has 1 aromatic carbocycles. The maximum Gasteiger partial charge on any atom is 0.337 e. The molecule has 0 aliphatic carbocycles. The molecule has 0 fully saturated rings. The number of carbonyl (C=O) groups is 2. The molecule has 7 heteroatoms. The zero-order chi connectivity index (χ0) is 15.1. The fourth-order valence-corrected chi connectivity index (χ4v) is 2.55. The molecule has 0 aromatic heterocycles. The van der Waals surface area contributed by atoms with Crippen molar-refractivity contribution >= 4 is 35.2 Å². The number of amides is 1. The standard InChI is InChI=1S/C13H16ClNO4S/c1-8(12(16)15-5-6-19-2)20-9-3-4-11(14)10(7-9)13(17)18/h3-4,7-8H,5-6H2,1-2H3,(H,15,16)(H,17,18). The van der Waals surface area contributed by atoms with Gasteiger partial charge in [0.05, 0.1) is 22.4 Å². The van der Waals surface area contributed by atoms with Crippen LogP contribution in [0.3, 0.4) is 0 Å². The van der Waals surface area contributed by atoms with E-state index in [0.717, 1.165) is 0 Å². The number of thioether (sulfide) groups is 1. The van der Waals surface area contributed by atoms with Gasteiger partial charge in [-0.25, -0.2) is 4.79 Å². The van der Waals surface area contributed by atoms with Gasteiger partial charge in [-0.05, 0) is 25.1 Å². The number of carboxylic acids is 1. The van der Waals surface area contributed by atoms with E-state index in [0.29, 0.717) is 18.0 Å². The van der Waals surface area contributed by atoms with Crippen molar-refractivity contribution in [3.05, 3.63) is 28.8 Å². The highest BCUT2D eigenvalue weighted by atomic mass is 35.5. The van der Waals surface area contributed by atoms with Gasteiger partial charge in [0.2, 0.25) is 5.91 Å². The first-order chi connectivity index (χ1) is 9.45. The van der Waals surface area contributed by atoms with Crippen molar-refractivity contribution in [2.75, 3.05) is 20.3 Å². The van der Waals surface area contributed by atoms with Crippen molar-refractivity contribution in [1.29, 1.82) is 0 Å². The van der Waals surface area contributed by atoms with Crippen molar-refractivity contribution < 1.29 is 19.4 Å². The summed E-state index contributed by atoms with van der Waals surface area (Å²) in [5.74, 6) is -1.21. The van der Waals surface area contributed by atoms with E-state index in [1.54, 1.807) is 20.1 Å². The summed E-state index contributed by atoms with van der Waals surface area (Å²) in [6, 6.07) is 4.68. The smallest absolute Gasteiger partial charge is 0.337 e. The SMILES string of the molecule is COCCNC(=O)C(C)Sc1ccc(Cl)c(C(=O)O)c1. The lowest BCUT2D eigenvalue weighted by molar-refractivity contribution is -0.120. The van der Waals surface area contributed by atoms with Crippen LogP contribution in [0, 0.1) is 0 Å². The Morgan fingerprint density at radius 2 is 2.20 bits per heavy atom. The molecule has 0 bridgehead atoms. The van der Waals surface area contributed by atoms with Crippen LogP contribution in [-0.4, -0.2) is 42.5 Å². The van der Waals surface area contributed by atoms with E-state index in [4.69, 9.17) is 21.4 Å². The molecule has 0 radical (unpaired) electrons. The Bertz CT molecular complexity index is 495. The second-order valence-corrected chi connectivity index (χ2v) is 5.81. The number of carbonyl (C=O) groups excluding carboxylic acids is 1. The Kier molecular flexibility index (Phi) is 6.84.